The first-order valence-electron chi connectivity index (χ1n) is 5.70. The number of nitrogens with two attached hydrogens (primary N) is 1. The van der Waals surface area contributed by atoms with E-state index in [0.29, 0.717) is 5.92 Å². The molecule has 0 saturated heterocycles. The van der Waals surface area contributed by atoms with Crippen LogP contribution >= 0.6 is 0 Å². The van der Waals surface area contributed by atoms with E-state index in [1.54, 1.807) is 0 Å². The van der Waals surface area contributed by atoms with Gasteiger partial charge in [0.05, 0.1) is 6.61 Å². The normalized spacial score (nSPS) is 27.1. The van der Waals surface area contributed by atoms with E-state index in [1.165, 1.54) is 18.4 Å². The Kier molecular flexibility index (Phi) is 3.39. The Labute approximate surface area is 91.1 Å². The minimum Gasteiger partial charge on any atom is -0.395 e. The molecule has 1 saturated carbocycles. The summed E-state index contributed by atoms with van der Waals surface area (Å²) in [6.45, 7) is 0.128. The number of aliphatic hydroxyl groups is 1. The van der Waals surface area contributed by atoms with Gasteiger partial charge in [-0.05, 0) is 36.7 Å². The molecule has 1 aromatic carbocycles. The van der Waals surface area contributed by atoms with Crippen LogP contribution in [0.1, 0.15) is 18.4 Å². The molecule has 3 N–H and O–H groups in total. The standard InChI is InChI=1S/C13H19NO/c14-13(9-15)12-7-11(8-12)6-10-4-2-1-3-5-10/h1-5,11-13,15H,6-9,14H2. The second-order valence-electron chi connectivity index (χ2n) is 4.63. The van der Waals surface area contributed by atoms with E-state index >= 15 is 0 Å². The molecular formula is C13H19NO. The first kappa shape index (κ1) is 10.7. The Balaban J connectivity index is 1.77. The highest BCUT2D eigenvalue weighted by Gasteiger charge is 2.32. The van der Waals surface area contributed by atoms with Crippen molar-refractivity contribution in [2.45, 2.75) is 25.3 Å². The van der Waals surface area contributed by atoms with Gasteiger partial charge >= 0.3 is 0 Å². The van der Waals surface area contributed by atoms with E-state index in [-0.39, 0.29) is 12.6 Å². The van der Waals surface area contributed by atoms with Crippen molar-refractivity contribution in [1.82, 2.24) is 0 Å². The zero-order valence-electron chi connectivity index (χ0n) is 8.97. The van der Waals surface area contributed by atoms with Crippen LogP contribution in [0.5, 0.6) is 0 Å². The third-order valence-electron chi connectivity index (χ3n) is 3.46. The van der Waals surface area contributed by atoms with Gasteiger partial charge in [0.25, 0.3) is 0 Å². The van der Waals surface area contributed by atoms with Crippen molar-refractivity contribution in [1.29, 1.82) is 0 Å². The summed E-state index contributed by atoms with van der Waals surface area (Å²) in [6, 6.07) is 10.6. The molecule has 1 unspecified atom stereocenters. The maximum absolute atomic E-state index is 8.92. The van der Waals surface area contributed by atoms with Crippen molar-refractivity contribution in [2.24, 2.45) is 17.6 Å². The van der Waals surface area contributed by atoms with Crippen LogP contribution in [0.25, 0.3) is 0 Å². The number of aliphatic hydroxyl groups excluding tert-OH is 1. The van der Waals surface area contributed by atoms with Crippen molar-refractivity contribution in [3.05, 3.63) is 35.9 Å². The highest BCUT2D eigenvalue weighted by Crippen LogP contribution is 2.37. The molecule has 2 rings (SSSR count). The van der Waals surface area contributed by atoms with E-state index in [0.717, 1.165) is 12.3 Å². The second-order valence-corrected chi connectivity index (χ2v) is 4.63. The minimum atomic E-state index is -0.00276. The van der Waals surface area contributed by atoms with Gasteiger partial charge in [-0.2, -0.15) is 0 Å². The van der Waals surface area contributed by atoms with E-state index in [9.17, 15) is 0 Å². The molecule has 15 heavy (non-hydrogen) atoms. The smallest absolute Gasteiger partial charge is 0.0585 e. The van der Waals surface area contributed by atoms with E-state index in [1.807, 2.05) is 0 Å². The van der Waals surface area contributed by atoms with Gasteiger partial charge in [0.1, 0.15) is 0 Å². The Morgan fingerprint density at radius 3 is 2.53 bits per heavy atom. The lowest BCUT2D eigenvalue weighted by atomic mass is 9.69. The van der Waals surface area contributed by atoms with Gasteiger partial charge in [-0.1, -0.05) is 30.3 Å². The van der Waals surface area contributed by atoms with Crippen LogP contribution in [0.3, 0.4) is 0 Å². The van der Waals surface area contributed by atoms with Crippen molar-refractivity contribution >= 4 is 0 Å². The van der Waals surface area contributed by atoms with Gasteiger partial charge < -0.3 is 10.8 Å². The molecule has 1 atom stereocenters. The van der Waals surface area contributed by atoms with Crippen LogP contribution in [0.2, 0.25) is 0 Å². The second kappa shape index (κ2) is 4.77. The van der Waals surface area contributed by atoms with Crippen LogP contribution in [0.15, 0.2) is 30.3 Å². The fraction of sp³-hybridized carbons (Fsp3) is 0.538. The first-order valence-corrected chi connectivity index (χ1v) is 5.70. The number of rotatable bonds is 4. The molecule has 0 radical (unpaired) electrons. The predicted octanol–water partition coefficient (Wildman–Crippen LogP) is 1.57. The van der Waals surface area contributed by atoms with Gasteiger partial charge in [-0.25, -0.2) is 0 Å². The van der Waals surface area contributed by atoms with Crippen LogP contribution in [0.4, 0.5) is 0 Å². The average Bonchev–Trinajstić information content (AvgIpc) is 2.23. The van der Waals surface area contributed by atoms with Crippen LogP contribution in [-0.4, -0.2) is 17.8 Å². The molecule has 1 aliphatic rings. The minimum absolute atomic E-state index is 0.00276. The van der Waals surface area contributed by atoms with E-state index in [4.69, 9.17) is 10.8 Å². The molecule has 2 heteroatoms. The Hall–Kier alpha value is -0.860. The lowest BCUT2D eigenvalue weighted by molar-refractivity contribution is 0.121. The highest BCUT2D eigenvalue weighted by molar-refractivity contribution is 5.15. The largest absolute Gasteiger partial charge is 0.395 e. The SMILES string of the molecule is NC(CO)C1CC(Cc2ccccc2)C1. The lowest BCUT2D eigenvalue weighted by Crippen LogP contribution is -2.42. The maximum Gasteiger partial charge on any atom is 0.0585 e. The van der Waals surface area contributed by atoms with Crippen LogP contribution < -0.4 is 5.73 Å². The molecule has 1 fully saturated rings. The molecule has 2 nitrogen and oxygen atoms in total. The lowest BCUT2D eigenvalue weighted by Gasteiger charge is -2.38. The summed E-state index contributed by atoms with van der Waals surface area (Å²) in [6.07, 6.45) is 3.52. The molecule has 0 spiro atoms. The fourth-order valence-electron chi connectivity index (χ4n) is 2.40. The Morgan fingerprint density at radius 1 is 1.27 bits per heavy atom. The summed E-state index contributed by atoms with van der Waals surface area (Å²) in [5.74, 6) is 1.32. The molecule has 0 aromatic heterocycles. The van der Waals surface area contributed by atoms with Crippen LogP contribution in [-0.2, 0) is 6.42 Å². The molecular weight excluding hydrogens is 186 g/mol. The summed E-state index contributed by atoms with van der Waals surface area (Å²) in [4.78, 5) is 0. The van der Waals surface area contributed by atoms with E-state index < -0.39 is 0 Å². The molecule has 0 bridgehead atoms. The van der Waals surface area contributed by atoms with Gasteiger partial charge in [-0.15, -0.1) is 0 Å². The summed E-state index contributed by atoms with van der Waals surface area (Å²) in [5, 5.41) is 8.92. The number of hydrogen-bond donors (Lipinski definition) is 2. The van der Waals surface area contributed by atoms with Crippen molar-refractivity contribution in [3.63, 3.8) is 0 Å². The summed E-state index contributed by atoms with van der Waals surface area (Å²) < 4.78 is 0. The predicted molar refractivity (Wildman–Crippen MR) is 61.4 cm³/mol. The number of hydrogen-bond acceptors (Lipinski definition) is 2. The van der Waals surface area contributed by atoms with Crippen molar-refractivity contribution in [3.8, 4) is 0 Å². The summed E-state index contributed by atoms with van der Waals surface area (Å²) in [7, 11) is 0. The topological polar surface area (TPSA) is 46.2 Å². The van der Waals surface area contributed by atoms with Gasteiger partial charge in [0.2, 0.25) is 0 Å². The van der Waals surface area contributed by atoms with Gasteiger partial charge in [0.15, 0.2) is 0 Å². The Bertz CT molecular complexity index is 293. The summed E-state index contributed by atoms with van der Waals surface area (Å²) in [5.41, 5.74) is 7.20. The van der Waals surface area contributed by atoms with Crippen LogP contribution in [0, 0.1) is 11.8 Å². The highest BCUT2D eigenvalue weighted by atomic mass is 16.3. The van der Waals surface area contributed by atoms with Gasteiger partial charge in [0, 0.05) is 6.04 Å². The molecule has 0 amide bonds. The molecule has 82 valence electrons. The maximum atomic E-state index is 8.92. The quantitative estimate of drug-likeness (QED) is 0.784. The monoisotopic (exact) mass is 205 g/mol. The third-order valence-corrected chi connectivity index (χ3v) is 3.46. The molecule has 0 heterocycles. The fourth-order valence-corrected chi connectivity index (χ4v) is 2.40. The zero-order valence-corrected chi connectivity index (χ0v) is 8.97. The third kappa shape index (κ3) is 2.58. The van der Waals surface area contributed by atoms with Gasteiger partial charge in [-0.3, -0.25) is 0 Å². The first-order chi connectivity index (χ1) is 7.29. The zero-order chi connectivity index (χ0) is 10.7. The summed E-state index contributed by atoms with van der Waals surface area (Å²) >= 11 is 0. The number of benzene rings is 1. The van der Waals surface area contributed by atoms with E-state index in [2.05, 4.69) is 30.3 Å². The van der Waals surface area contributed by atoms with Crippen molar-refractivity contribution in [2.75, 3.05) is 6.61 Å². The molecule has 0 aliphatic heterocycles. The van der Waals surface area contributed by atoms with Crippen molar-refractivity contribution < 1.29 is 5.11 Å². The Morgan fingerprint density at radius 2 is 1.93 bits per heavy atom. The molecule has 1 aromatic rings. The molecule has 1 aliphatic carbocycles. The average molecular weight is 205 g/mol.